The number of aryl methyl sites for hydroxylation is 3. The lowest BCUT2D eigenvalue weighted by molar-refractivity contribution is -0.120. The van der Waals surface area contributed by atoms with Crippen LogP contribution in [-0.2, 0) is 14.8 Å². The largest absolute Gasteiger partial charge is 0.355 e. The molecule has 1 fully saturated rings. The third kappa shape index (κ3) is 5.10. The third-order valence-corrected chi connectivity index (χ3v) is 8.76. The van der Waals surface area contributed by atoms with Crippen molar-refractivity contribution in [1.82, 2.24) is 9.46 Å². The molecule has 174 valence electrons. The molecule has 2 aromatic heterocycles. The maximum absolute atomic E-state index is 13.5. The Bertz CT molecular complexity index is 1280. The van der Waals surface area contributed by atoms with Crippen molar-refractivity contribution >= 4 is 45.1 Å². The van der Waals surface area contributed by atoms with Crippen LogP contribution in [-0.4, -0.2) is 36.9 Å². The summed E-state index contributed by atoms with van der Waals surface area (Å²) >= 11 is 1.54. The minimum absolute atomic E-state index is 0.0607. The summed E-state index contributed by atoms with van der Waals surface area (Å²) in [6.45, 7) is 6.10. The smallest absolute Gasteiger partial charge is 0.248 e. The van der Waals surface area contributed by atoms with Gasteiger partial charge in [0.05, 0.1) is 5.92 Å². The highest BCUT2D eigenvalue weighted by atomic mass is 32.2. The molecule has 0 aliphatic carbocycles. The minimum Gasteiger partial charge on any atom is -0.355 e. The van der Waals surface area contributed by atoms with Crippen molar-refractivity contribution in [2.45, 2.75) is 38.5 Å². The van der Waals surface area contributed by atoms with Gasteiger partial charge in [-0.3, -0.25) is 4.79 Å². The van der Waals surface area contributed by atoms with E-state index in [9.17, 15) is 13.2 Å². The van der Waals surface area contributed by atoms with Gasteiger partial charge in [0.15, 0.2) is 10.7 Å². The van der Waals surface area contributed by atoms with E-state index in [-0.39, 0.29) is 23.1 Å². The van der Waals surface area contributed by atoms with Gasteiger partial charge in [0.2, 0.25) is 15.9 Å². The number of amides is 1. The molecule has 0 radical (unpaired) electrons. The van der Waals surface area contributed by atoms with Gasteiger partial charge in [0.25, 0.3) is 0 Å². The monoisotopic (exact) mass is 485 g/mol. The number of piperidine rings is 1. The van der Waals surface area contributed by atoms with Gasteiger partial charge in [0, 0.05) is 23.7 Å². The molecule has 7 nitrogen and oxygen atoms in total. The van der Waals surface area contributed by atoms with Crippen LogP contribution in [0, 0.1) is 26.7 Å². The predicted molar refractivity (Wildman–Crippen MR) is 131 cm³/mol. The van der Waals surface area contributed by atoms with Crippen LogP contribution in [0.5, 0.6) is 0 Å². The Morgan fingerprint density at radius 2 is 2.03 bits per heavy atom. The molecule has 33 heavy (non-hydrogen) atoms. The van der Waals surface area contributed by atoms with Crippen LogP contribution in [0.1, 0.15) is 40.3 Å². The van der Waals surface area contributed by atoms with Crippen LogP contribution in [0.4, 0.5) is 5.69 Å². The molecule has 9 heteroatoms. The number of sulfonamides is 1. The fraction of sp³-hybridized carbons (Fsp3) is 0.333. The van der Waals surface area contributed by atoms with E-state index in [2.05, 4.69) is 10.5 Å². The van der Waals surface area contributed by atoms with Crippen molar-refractivity contribution in [3.05, 3.63) is 63.2 Å². The summed E-state index contributed by atoms with van der Waals surface area (Å²) in [5.74, 6) is -0.402. The number of hydrogen-bond donors (Lipinski definition) is 1. The lowest BCUT2D eigenvalue weighted by atomic mass is 9.98. The van der Waals surface area contributed by atoms with Crippen molar-refractivity contribution in [2.75, 3.05) is 18.4 Å². The van der Waals surface area contributed by atoms with Crippen molar-refractivity contribution in [3.63, 3.8) is 0 Å². The fourth-order valence-corrected chi connectivity index (χ4v) is 6.30. The fourth-order valence-electron chi connectivity index (χ4n) is 3.91. The summed E-state index contributed by atoms with van der Waals surface area (Å²) in [6.07, 6.45) is 4.68. The zero-order chi connectivity index (χ0) is 23.6. The lowest BCUT2D eigenvalue weighted by Gasteiger charge is -2.31. The standard InChI is InChI=1S/C24H27N3O4S2/c1-16-8-9-20(14-17(16)2)25-24(28)19-6-4-12-27(15-19)33(29,30)23-18(3)26-31-22(23)11-10-21-7-5-13-32-21/h5,7-11,13-14,19H,4,6,12,15H2,1-3H3,(H,25,28)/b11-10+. The van der Waals surface area contributed by atoms with Crippen LogP contribution in [0.15, 0.2) is 45.1 Å². The maximum Gasteiger partial charge on any atom is 0.248 e. The molecule has 4 rings (SSSR count). The van der Waals surface area contributed by atoms with Gasteiger partial charge >= 0.3 is 0 Å². The number of anilines is 1. The van der Waals surface area contributed by atoms with Gasteiger partial charge in [0.1, 0.15) is 5.69 Å². The van der Waals surface area contributed by atoms with Gasteiger partial charge in [-0.15, -0.1) is 11.3 Å². The average Bonchev–Trinajstić information content (AvgIpc) is 3.44. The molecule has 1 aliphatic rings. The van der Waals surface area contributed by atoms with Gasteiger partial charge in [-0.2, -0.15) is 4.31 Å². The molecular weight excluding hydrogens is 458 g/mol. The molecule has 1 saturated heterocycles. The second kappa shape index (κ2) is 9.62. The van der Waals surface area contributed by atoms with E-state index in [1.54, 1.807) is 30.4 Å². The molecule has 1 amide bonds. The van der Waals surface area contributed by atoms with Gasteiger partial charge < -0.3 is 9.84 Å². The number of nitrogens with one attached hydrogen (secondary N) is 1. The highest BCUT2D eigenvalue weighted by Gasteiger charge is 2.37. The molecule has 0 spiro atoms. The summed E-state index contributed by atoms with van der Waals surface area (Å²) in [7, 11) is -3.87. The quantitative estimate of drug-likeness (QED) is 0.538. The molecular formula is C24H27N3O4S2. The number of carbonyl (C=O) groups excluding carboxylic acids is 1. The summed E-state index contributed by atoms with van der Waals surface area (Å²) in [4.78, 5) is 14.0. The Balaban J connectivity index is 1.52. The van der Waals surface area contributed by atoms with Crippen molar-refractivity contribution in [3.8, 4) is 0 Å². The maximum atomic E-state index is 13.5. The first kappa shape index (κ1) is 23.4. The SMILES string of the molecule is Cc1ccc(NC(=O)C2CCCN(S(=O)(=O)c3c(C)noc3/C=C/c3cccs3)C2)cc1C. The Labute approximate surface area is 198 Å². The van der Waals surface area contributed by atoms with E-state index in [4.69, 9.17) is 4.52 Å². The zero-order valence-electron chi connectivity index (χ0n) is 18.9. The molecule has 3 heterocycles. The van der Waals surface area contributed by atoms with Crippen LogP contribution in [0.25, 0.3) is 12.2 Å². The molecule has 1 atom stereocenters. The van der Waals surface area contributed by atoms with E-state index in [1.165, 1.54) is 4.31 Å². The van der Waals surface area contributed by atoms with Gasteiger partial charge in [-0.1, -0.05) is 17.3 Å². The number of carbonyl (C=O) groups is 1. The Hall–Kier alpha value is -2.75. The summed E-state index contributed by atoms with van der Waals surface area (Å²) < 4.78 is 33.8. The topological polar surface area (TPSA) is 92.5 Å². The van der Waals surface area contributed by atoms with Crippen LogP contribution in [0.2, 0.25) is 0 Å². The molecule has 1 N–H and O–H groups in total. The summed E-state index contributed by atoms with van der Waals surface area (Å²) in [5, 5.41) is 8.78. The van der Waals surface area contributed by atoms with E-state index in [1.807, 2.05) is 49.6 Å². The predicted octanol–water partition coefficient (Wildman–Crippen LogP) is 4.87. The second-order valence-corrected chi connectivity index (χ2v) is 11.2. The number of benzene rings is 1. The minimum atomic E-state index is -3.87. The van der Waals surface area contributed by atoms with E-state index >= 15 is 0 Å². The van der Waals surface area contributed by atoms with Crippen LogP contribution in [0.3, 0.4) is 0 Å². The molecule has 3 aromatic rings. The van der Waals surface area contributed by atoms with Gasteiger partial charge in [-0.25, -0.2) is 8.42 Å². The van der Waals surface area contributed by atoms with Crippen LogP contribution >= 0.6 is 11.3 Å². The van der Waals surface area contributed by atoms with E-state index < -0.39 is 15.9 Å². The van der Waals surface area contributed by atoms with Crippen molar-refractivity contribution in [2.24, 2.45) is 5.92 Å². The first-order chi connectivity index (χ1) is 15.8. The van der Waals surface area contributed by atoms with Crippen molar-refractivity contribution < 1.29 is 17.7 Å². The number of nitrogens with zero attached hydrogens (tertiary/aromatic N) is 2. The molecule has 1 aliphatic heterocycles. The van der Waals surface area contributed by atoms with Crippen LogP contribution < -0.4 is 5.32 Å². The van der Waals surface area contributed by atoms with E-state index in [0.717, 1.165) is 21.7 Å². The van der Waals surface area contributed by atoms with Gasteiger partial charge in [-0.05, 0) is 80.5 Å². The number of rotatable bonds is 6. The Kier molecular flexibility index (Phi) is 6.83. The zero-order valence-corrected chi connectivity index (χ0v) is 20.5. The first-order valence-electron chi connectivity index (χ1n) is 10.8. The Morgan fingerprint density at radius 1 is 1.21 bits per heavy atom. The van der Waals surface area contributed by atoms with E-state index in [0.29, 0.717) is 25.1 Å². The molecule has 1 aromatic carbocycles. The first-order valence-corrected chi connectivity index (χ1v) is 13.1. The molecule has 0 saturated carbocycles. The second-order valence-electron chi connectivity index (χ2n) is 8.30. The highest BCUT2D eigenvalue weighted by molar-refractivity contribution is 7.89. The normalized spacial score (nSPS) is 17.5. The summed E-state index contributed by atoms with van der Waals surface area (Å²) in [5.41, 5.74) is 3.27. The number of thiophene rings is 1. The summed E-state index contributed by atoms with van der Waals surface area (Å²) in [6, 6.07) is 9.61. The number of hydrogen-bond acceptors (Lipinski definition) is 6. The molecule has 0 bridgehead atoms. The average molecular weight is 486 g/mol. The Morgan fingerprint density at radius 3 is 2.76 bits per heavy atom. The lowest BCUT2D eigenvalue weighted by Crippen LogP contribution is -2.43. The third-order valence-electron chi connectivity index (χ3n) is 5.90. The number of aromatic nitrogens is 1. The highest BCUT2D eigenvalue weighted by Crippen LogP contribution is 2.30. The van der Waals surface area contributed by atoms with Crippen molar-refractivity contribution in [1.29, 1.82) is 0 Å². The molecule has 1 unspecified atom stereocenters.